The Hall–Kier alpha value is -3.93. The van der Waals surface area contributed by atoms with E-state index < -0.39 is 6.10 Å². The molecule has 6 heteroatoms. The van der Waals surface area contributed by atoms with Crippen molar-refractivity contribution >= 4 is 17.9 Å². The highest BCUT2D eigenvalue weighted by atomic mass is 16.6. The third kappa shape index (κ3) is 60.9. The van der Waals surface area contributed by atoms with Gasteiger partial charge in [0.1, 0.15) is 13.2 Å². The minimum atomic E-state index is -0.790. The van der Waals surface area contributed by atoms with E-state index in [2.05, 4.69) is 130 Å². The van der Waals surface area contributed by atoms with Crippen molar-refractivity contribution in [3.05, 3.63) is 109 Å². The van der Waals surface area contributed by atoms with Gasteiger partial charge in [-0.1, -0.05) is 284 Å². The van der Waals surface area contributed by atoms with Gasteiger partial charge in [-0.05, 0) is 103 Å². The van der Waals surface area contributed by atoms with E-state index in [0.29, 0.717) is 19.3 Å². The van der Waals surface area contributed by atoms with Crippen LogP contribution in [-0.4, -0.2) is 37.2 Å². The maximum atomic E-state index is 12.9. The fourth-order valence-electron chi connectivity index (χ4n) is 8.81. The number of carbonyl (C=O) groups is 3. The van der Waals surface area contributed by atoms with Gasteiger partial charge in [0.15, 0.2) is 6.10 Å². The Morgan fingerprint density at radius 3 is 0.803 bits per heavy atom. The second-order valence-corrected chi connectivity index (χ2v) is 20.9. The first kappa shape index (κ1) is 72.1. The number of carbonyl (C=O) groups excluding carboxylic acids is 3. The van der Waals surface area contributed by atoms with E-state index in [1.807, 2.05) is 0 Å². The molecule has 0 amide bonds. The number of unbranched alkanes of at least 4 members (excludes halogenated alkanes) is 28. The van der Waals surface area contributed by atoms with Gasteiger partial charge in [-0.15, -0.1) is 0 Å². The van der Waals surface area contributed by atoms with Gasteiger partial charge in [0, 0.05) is 19.3 Å². The number of hydrogen-bond acceptors (Lipinski definition) is 6. The lowest BCUT2D eigenvalue weighted by molar-refractivity contribution is -0.167. The average molecular weight is 1060 g/mol. The lowest BCUT2D eigenvalue weighted by Crippen LogP contribution is -2.30. The molecule has 0 spiro atoms. The molecular weight excluding hydrogens is 937 g/mol. The van der Waals surface area contributed by atoms with Crippen LogP contribution in [0.2, 0.25) is 0 Å². The maximum Gasteiger partial charge on any atom is 0.306 e. The predicted molar refractivity (Wildman–Crippen MR) is 330 cm³/mol. The number of allylic oxidation sites excluding steroid dienone is 18. The van der Waals surface area contributed by atoms with Gasteiger partial charge in [0.25, 0.3) is 0 Å². The molecule has 1 unspecified atom stereocenters. The van der Waals surface area contributed by atoms with Gasteiger partial charge in [-0.3, -0.25) is 14.4 Å². The molecule has 0 heterocycles. The molecule has 0 aromatic rings. The van der Waals surface area contributed by atoms with Crippen LogP contribution in [0.5, 0.6) is 0 Å². The quantitative estimate of drug-likeness (QED) is 0.0261. The molecule has 6 nitrogen and oxygen atoms in total. The molecule has 0 saturated carbocycles. The summed E-state index contributed by atoms with van der Waals surface area (Å²) in [4.78, 5) is 38.3. The molecule has 76 heavy (non-hydrogen) atoms. The van der Waals surface area contributed by atoms with Gasteiger partial charge >= 0.3 is 17.9 Å². The molecule has 0 aromatic carbocycles. The molecule has 0 aromatic heterocycles. The van der Waals surface area contributed by atoms with Crippen molar-refractivity contribution in [1.82, 2.24) is 0 Å². The predicted octanol–water partition coefficient (Wildman–Crippen LogP) is 21.8. The van der Waals surface area contributed by atoms with Gasteiger partial charge in [0.05, 0.1) is 0 Å². The van der Waals surface area contributed by atoms with Gasteiger partial charge in [-0.2, -0.15) is 0 Å². The van der Waals surface area contributed by atoms with Crippen molar-refractivity contribution in [3.8, 4) is 0 Å². The second-order valence-electron chi connectivity index (χ2n) is 20.9. The van der Waals surface area contributed by atoms with E-state index in [4.69, 9.17) is 14.2 Å². The van der Waals surface area contributed by atoms with Crippen LogP contribution in [0.1, 0.15) is 297 Å². The number of esters is 3. The first-order chi connectivity index (χ1) is 37.5. The van der Waals surface area contributed by atoms with E-state index >= 15 is 0 Å². The van der Waals surface area contributed by atoms with Crippen LogP contribution in [-0.2, 0) is 28.6 Å². The molecule has 0 rings (SSSR count). The Kier molecular flexibility index (Phi) is 60.3. The second kappa shape index (κ2) is 63.6. The van der Waals surface area contributed by atoms with Crippen LogP contribution in [0.3, 0.4) is 0 Å². The smallest absolute Gasteiger partial charge is 0.306 e. The standard InChI is InChI=1S/C70H118O6/c1-4-7-10-13-16-19-22-25-28-30-32-33-34-35-36-37-39-40-42-45-48-51-54-57-60-63-69(72)75-66-67(65-74-68(71)62-59-56-53-50-47-44-27-24-21-18-15-12-9-6-3)76-70(73)64-61-58-55-52-49-46-43-41-38-31-29-26-23-20-17-14-11-8-5-2/h7-8,10-11,16-17,19-20,25-26,28-29,32-33,35-36,38,41,67H,4-6,9,12-15,18,21-24,27,30-31,34,37,39-40,42-66H2,1-3H3/b10-7-,11-8-,19-16-,20-17-,28-25-,29-26-,33-32-,36-35-,41-38-. The highest BCUT2D eigenvalue weighted by molar-refractivity contribution is 5.71. The molecule has 0 aliphatic rings. The molecule has 0 fully saturated rings. The topological polar surface area (TPSA) is 78.9 Å². The molecule has 1 atom stereocenters. The minimum Gasteiger partial charge on any atom is -0.462 e. The zero-order chi connectivity index (χ0) is 55.0. The van der Waals surface area contributed by atoms with E-state index in [0.717, 1.165) is 135 Å². The third-order valence-corrected chi connectivity index (χ3v) is 13.5. The summed E-state index contributed by atoms with van der Waals surface area (Å²) in [6, 6.07) is 0. The zero-order valence-corrected chi connectivity index (χ0v) is 49.7. The average Bonchev–Trinajstić information content (AvgIpc) is 3.42. The Morgan fingerprint density at radius 1 is 0.276 bits per heavy atom. The van der Waals surface area contributed by atoms with Gasteiger partial charge < -0.3 is 14.2 Å². The lowest BCUT2D eigenvalue weighted by atomic mass is 10.0. The van der Waals surface area contributed by atoms with E-state index in [1.54, 1.807) is 0 Å². The summed E-state index contributed by atoms with van der Waals surface area (Å²) < 4.78 is 16.9. The van der Waals surface area contributed by atoms with Crippen LogP contribution in [0.15, 0.2) is 109 Å². The molecule has 0 bridgehead atoms. The molecule has 0 radical (unpaired) electrons. The molecular formula is C70H118O6. The first-order valence-electron chi connectivity index (χ1n) is 31.9. The summed E-state index contributed by atoms with van der Waals surface area (Å²) in [5.74, 6) is -0.896. The van der Waals surface area contributed by atoms with Crippen LogP contribution >= 0.6 is 0 Å². The summed E-state index contributed by atoms with van der Waals surface area (Å²) in [6.07, 6.45) is 86.6. The molecule has 434 valence electrons. The number of ether oxygens (including phenoxy) is 3. The van der Waals surface area contributed by atoms with Crippen LogP contribution < -0.4 is 0 Å². The van der Waals surface area contributed by atoms with Crippen LogP contribution in [0.25, 0.3) is 0 Å². The Morgan fingerprint density at radius 2 is 0.513 bits per heavy atom. The fraction of sp³-hybridized carbons (Fsp3) is 0.700. The van der Waals surface area contributed by atoms with E-state index in [9.17, 15) is 14.4 Å². The number of hydrogen-bond donors (Lipinski definition) is 0. The van der Waals surface area contributed by atoms with Gasteiger partial charge in [0.2, 0.25) is 0 Å². The van der Waals surface area contributed by atoms with Gasteiger partial charge in [-0.25, -0.2) is 0 Å². The summed E-state index contributed by atoms with van der Waals surface area (Å²) >= 11 is 0. The normalized spacial score (nSPS) is 12.8. The van der Waals surface area contributed by atoms with E-state index in [1.165, 1.54) is 122 Å². The molecule has 0 aliphatic heterocycles. The SMILES string of the molecule is CC/C=C\C/C=C\C/C=C\C/C=C\C/C=C\CCCCCCCCCCCC(=O)OCC(COC(=O)CCCCCCCCCCCCCCCC)OC(=O)CCCCCCCC/C=C\C/C=C\C/C=C\C/C=C\CC. The number of rotatable bonds is 57. The van der Waals surface area contributed by atoms with Crippen molar-refractivity contribution in [1.29, 1.82) is 0 Å². The molecule has 0 saturated heterocycles. The third-order valence-electron chi connectivity index (χ3n) is 13.5. The Bertz CT molecular complexity index is 1540. The fourth-order valence-corrected chi connectivity index (χ4v) is 8.81. The summed E-state index contributed by atoms with van der Waals surface area (Å²) in [5.41, 5.74) is 0. The lowest BCUT2D eigenvalue weighted by Gasteiger charge is -2.18. The maximum absolute atomic E-state index is 12.9. The Labute approximate surface area is 470 Å². The van der Waals surface area contributed by atoms with Crippen molar-refractivity contribution in [2.75, 3.05) is 13.2 Å². The van der Waals surface area contributed by atoms with E-state index in [-0.39, 0.29) is 31.1 Å². The summed E-state index contributed by atoms with van der Waals surface area (Å²) in [7, 11) is 0. The van der Waals surface area contributed by atoms with Crippen LogP contribution in [0, 0.1) is 0 Å². The molecule has 0 N–H and O–H groups in total. The van der Waals surface area contributed by atoms with Crippen molar-refractivity contribution in [2.24, 2.45) is 0 Å². The minimum absolute atomic E-state index is 0.0842. The van der Waals surface area contributed by atoms with Crippen molar-refractivity contribution in [2.45, 2.75) is 303 Å². The van der Waals surface area contributed by atoms with Crippen molar-refractivity contribution < 1.29 is 28.6 Å². The summed E-state index contributed by atoms with van der Waals surface area (Å²) in [5, 5.41) is 0. The molecule has 0 aliphatic carbocycles. The first-order valence-corrected chi connectivity index (χ1v) is 31.9. The zero-order valence-electron chi connectivity index (χ0n) is 49.7. The van der Waals surface area contributed by atoms with Crippen molar-refractivity contribution in [3.63, 3.8) is 0 Å². The Balaban J connectivity index is 4.37. The highest BCUT2D eigenvalue weighted by Gasteiger charge is 2.19. The highest BCUT2D eigenvalue weighted by Crippen LogP contribution is 2.16. The monoisotopic (exact) mass is 1050 g/mol. The largest absolute Gasteiger partial charge is 0.462 e. The summed E-state index contributed by atoms with van der Waals surface area (Å²) in [6.45, 7) is 6.42. The van der Waals surface area contributed by atoms with Crippen LogP contribution in [0.4, 0.5) is 0 Å².